The summed E-state index contributed by atoms with van der Waals surface area (Å²) in [5.74, 6) is 0.384. The van der Waals surface area contributed by atoms with E-state index in [1.165, 1.54) is 12.3 Å². The highest BCUT2D eigenvalue weighted by Gasteiger charge is 2.40. The zero-order chi connectivity index (χ0) is 22.1. The van der Waals surface area contributed by atoms with Gasteiger partial charge in [0.1, 0.15) is 29.4 Å². The smallest absolute Gasteiger partial charge is 0.299 e. The molecule has 0 bridgehead atoms. The molecule has 0 saturated carbocycles. The van der Waals surface area contributed by atoms with Crippen LogP contribution in [0.3, 0.4) is 0 Å². The summed E-state index contributed by atoms with van der Waals surface area (Å²) in [4.78, 5) is 21.7. The lowest BCUT2D eigenvalue weighted by Gasteiger charge is -2.41. The molecule has 0 radical (unpaired) electrons. The molecule has 0 fully saturated rings. The SMILES string of the molecule is C#CC(=O)N1[C@@H](CCCC)Cc2c([nH]c3c(F)cc(F)cc23)[C@@H]1c1ccc(C#N)nc1. The minimum atomic E-state index is -0.693. The second kappa shape index (κ2) is 8.20. The molecule has 1 N–H and O–H groups in total. The van der Waals surface area contributed by atoms with E-state index in [2.05, 4.69) is 22.8 Å². The van der Waals surface area contributed by atoms with Gasteiger partial charge >= 0.3 is 0 Å². The van der Waals surface area contributed by atoms with Gasteiger partial charge in [-0.1, -0.05) is 25.8 Å². The van der Waals surface area contributed by atoms with Gasteiger partial charge in [0.05, 0.1) is 5.52 Å². The number of hydrogen-bond donors (Lipinski definition) is 1. The topological polar surface area (TPSA) is 72.8 Å². The third-order valence-electron chi connectivity index (χ3n) is 5.82. The van der Waals surface area contributed by atoms with Crippen LogP contribution in [0.15, 0.2) is 30.5 Å². The molecule has 0 unspecified atom stereocenters. The zero-order valence-electron chi connectivity index (χ0n) is 17.0. The lowest BCUT2D eigenvalue weighted by molar-refractivity contribution is -0.130. The molecule has 1 amide bonds. The maximum atomic E-state index is 14.6. The number of unbranched alkanes of at least 4 members (excludes halogenated alkanes) is 1. The van der Waals surface area contributed by atoms with Gasteiger partial charge in [-0.3, -0.25) is 4.79 Å². The summed E-state index contributed by atoms with van der Waals surface area (Å²) in [7, 11) is 0. The Morgan fingerprint density at radius 3 is 2.84 bits per heavy atom. The Bertz CT molecular complexity index is 1230. The first-order valence-electron chi connectivity index (χ1n) is 10.1. The molecule has 0 spiro atoms. The van der Waals surface area contributed by atoms with Gasteiger partial charge < -0.3 is 9.88 Å². The molecule has 4 rings (SSSR count). The van der Waals surface area contributed by atoms with E-state index < -0.39 is 23.6 Å². The fourth-order valence-electron chi connectivity index (χ4n) is 4.43. The highest BCUT2D eigenvalue weighted by molar-refractivity contribution is 5.95. The number of H-pyrrole nitrogens is 1. The Hall–Kier alpha value is -3.71. The summed E-state index contributed by atoms with van der Waals surface area (Å²) in [6.07, 6.45) is 9.97. The largest absolute Gasteiger partial charge is 0.354 e. The first kappa shape index (κ1) is 20.6. The summed E-state index contributed by atoms with van der Waals surface area (Å²) in [6.45, 7) is 2.06. The standard InChI is InChI=1S/C24H20F2N4O/c1-3-5-6-17-11-19-18-9-15(25)10-20(26)22(18)29-23(19)24(30(17)21(31)4-2)14-7-8-16(12-27)28-13-14/h2,7-10,13,17,24,29H,3,5-6,11H2,1H3/t17-,24-/m0/s1. The molecular formula is C24H20F2N4O. The monoisotopic (exact) mass is 418 g/mol. The predicted octanol–water partition coefficient (Wildman–Crippen LogP) is 4.38. The van der Waals surface area contributed by atoms with Gasteiger partial charge in [-0.15, -0.1) is 6.42 Å². The fourth-order valence-corrected chi connectivity index (χ4v) is 4.43. The first-order valence-corrected chi connectivity index (χ1v) is 10.1. The van der Waals surface area contributed by atoms with Gasteiger partial charge in [0.15, 0.2) is 0 Å². The van der Waals surface area contributed by atoms with E-state index in [1.54, 1.807) is 17.0 Å². The van der Waals surface area contributed by atoms with E-state index in [0.717, 1.165) is 24.5 Å². The number of amides is 1. The number of rotatable bonds is 4. The Kier molecular flexibility index (Phi) is 5.44. The number of aromatic nitrogens is 2. The third-order valence-corrected chi connectivity index (χ3v) is 5.82. The molecule has 1 aliphatic heterocycles. The number of nitrogens with zero attached hydrogens (tertiary/aromatic N) is 3. The van der Waals surface area contributed by atoms with E-state index in [9.17, 15) is 13.6 Å². The number of pyridine rings is 1. The van der Waals surface area contributed by atoms with E-state index in [-0.39, 0.29) is 17.3 Å². The highest BCUT2D eigenvalue weighted by Crippen LogP contribution is 2.42. The van der Waals surface area contributed by atoms with Crippen molar-refractivity contribution < 1.29 is 13.6 Å². The van der Waals surface area contributed by atoms with Crippen molar-refractivity contribution in [2.75, 3.05) is 0 Å². The summed E-state index contributed by atoms with van der Waals surface area (Å²) in [6, 6.07) is 6.51. The Morgan fingerprint density at radius 1 is 1.39 bits per heavy atom. The van der Waals surface area contributed by atoms with Crippen molar-refractivity contribution in [1.29, 1.82) is 5.26 Å². The van der Waals surface area contributed by atoms with Gasteiger partial charge in [-0.2, -0.15) is 5.26 Å². The minimum Gasteiger partial charge on any atom is -0.354 e. The van der Waals surface area contributed by atoms with Crippen LogP contribution >= 0.6 is 0 Å². The fraction of sp³-hybridized carbons (Fsp3) is 0.292. The summed E-state index contributed by atoms with van der Waals surface area (Å²) in [5.41, 5.74) is 2.42. The summed E-state index contributed by atoms with van der Waals surface area (Å²) < 4.78 is 28.6. The number of carbonyl (C=O) groups excluding carboxylic acids is 1. The number of fused-ring (bicyclic) bond motifs is 3. The second-order valence-corrected chi connectivity index (χ2v) is 7.68. The van der Waals surface area contributed by atoms with Crippen molar-refractivity contribution >= 4 is 16.8 Å². The molecule has 3 heterocycles. The Morgan fingerprint density at radius 2 is 2.19 bits per heavy atom. The Balaban J connectivity index is 1.97. The van der Waals surface area contributed by atoms with E-state index in [1.807, 2.05) is 6.07 Å². The average molecular weight is 418 g/mol. The predicted molar refractivity (Wildman–Crippen MR) is 112 cm³/mol. The molecule has 0 saturated heterocycles. The zero-order valence-corrected chi connectivity index (χ0v) is 17.0. The van der Waals surface area contributed by atoms with Crippen LogP contribution in [0.2, 0.25) is 0 Å². The number of hydrogen-bond acceptors (Lipinski definition) is 3. The molecule has 2 aromatic heterocycles. The second-order valence-electron chi connectivity index (χ2n) is 7.68. The molecule has 31 heavy (non-hydrogen) atoms. The number of terminal acetylenes is 1. The molecule has 1 aliphatic rings. The average Bonchev–Trinajstić information content (AvgIpc) is 3.14. The maximum absolute atomic E-state index is 14.6. The van der Waals surface area contributed by atoms with Crippen LogP contribution < -0.4 is 0 Å². The maximum Gasteiger partial charge on any atom is 0.299 e. The number of halogens is 2. The molecule has 7 heteroatoms. The molecule has 0 aliphatic carbocycles. The van der Waals surface area contributed by atoms with Crippen molar-refractivity contribution in [3.05, 3.63) is 64.6 Å². The summed E-state index contributed by atoms with van der Waals surface area (Å²) in [5, 5.41) is 9.55. The number of carbonyl (C=O) groups is 1. The quantitative estimate of drug-likeness (QED) is 0.639. The van der Waals surface area contributed by atoms with Crippen molar-refractivity contribution in [3.8, 4) is 18.4 Å². The molecule has 5 nitrogen and oxygen atoms in total. The van der Waals surface area contributed by atoms with Gasteiger partial charge in [0, 0.05) is 29.4 Å². The lowest BCUT2D eigenvalue weighted by atomic mass is 9.86. The molecule has 2 atom stereocenters. The van der Waals surface area contributed by atoms with Crippen LogP contribution in [0, 0.1) is 35.3 Å². The highest BCUT2D eigenvalue weighted by atomic mass is 19.1. The molecule has 156 valence electrons. The van der Waals surface area contributed by atoms with Crippen LogP contribution in [0.5, 0.6) is 0 Å². The first-order chi connectivity index (χ1) is 15.0. The van der Waals surface area contributed by atoms with E-state index >= 15 is 0 Å². The van der Waals surface area contributed by atoms with E-state index in [0.29, 0.717) is 29.5 Å². The lowest BCUT2D eigenvalue weighted by Crippen LogP contribution is -2.47. The molecular weight excluding hydrogens is 398 g/mol. The van der Waals surface area contributed by atoms with Gasteiger partial charge in [-0.25, -0.2) is 13.8 Å². The molecule has 1 aromatic carbocycles. The van der Waals surface area contributed by atoms with Crippen LogP contribution in [0.4, 0.5) is 8.78 Å². The van der Waals surface area contributed by atoms with Crippen LogP contribution in [0.1, 0.15) is 54.7 Å². The number of nitriles is 1. The van der Waals surface area contributed by atoms with Crippen LogP contribution in [-0.4, -0.2) is 26.8 Å². The van der Waals surface area contributed by atoms with Gasteiger partial charge in [-0.05, 0) is 42.0 Å². The van der Waals surface area contributed by atoms with Crippen molar-refractivity contribution in [1.82, 2.24) is 14.9 Å². The van der Waals surface area contributed by atoms with Crippen LogP contribution in [-0.2, 0) is 11.2 Å². The normalized spacial score (nSPS) is 17.8. The van der Waals surface area contributed by atoms with Gasteiger partial charge in [0.2, 0.25) is 0 Å². The van der Waals surface area contributed by atoms with E-state index in [4.69, 9.17) is 11.7 Å². The number of aromatic amines is 1. The van der Waals surface area contributed by atoms with Crippen molar-refractivity contribution in [2.45, 2.75) is 44.7 Å². The molecule has 3 aromatic rings. The Labute approximate surface area is 178 Å². The van der Waals surface area contributed by atoms with Crippen LogP contribution in [0.25, 0.3) is 10.9 Å². The summed E-state index contributed by atoms with van der Waals surface area (Å²) >= 11 is 0. The van der Waals surface area contributed by atoms with Crippen molar-refractivity contribution in [3.63, 3.8) is 0 Å². The minimum absolute atomic E-state index is 0.197. The third kappa shape index (κ3) is 3.53. The van der Waals surface area contributed by atoms with Gasteiger partial charge in [0.25, 0.3) is 5.91 Å². The number of nitrogens with one attached hydrogen (secondary N) is 1. The number of benzene rings is 1. The van der Waals surface area contributed by atoms with Crippen molar-refractivity contribution in [2.24, 2.45) is 0 Å².